The zero-order valence-electron chi connectivity index (χ0n) is 9.90. The van der Waals surface area contributed by atoms with Gasteiger partial charge in [0.2, 0.25) is 0 Å². The van der Waals surface area contributed by atoms with E-state index in [1.54, 1.807) is 13.3 Å². The number of hydrogen-bond donors (Lipinski definition) is 0. The molecule has 16 heavy (non-hydrogen) atoms. The van der Waals surface area contributed by atoms with Gasteiger partial charge in [0.15, 0.2) is 5.65 Å². The molecule has 1 unspecified atom stereocenters. The van der Waals surface area contributed by atoms with E-state index < -0.39 is 0 Å². The average Bonchev–Trinajstić information content (AvgIpc) is 2.31. The molecule has 2 heterocycles. The molecule has 84 valence electrons. The summed E-state index contributed by atoms with van der Waals surface area (Å²) in [6, 6.07) is 6.06. The first-order valence-electron chi connectivity index (χ1n) is 5.51. The summed E-state index contributed by atoms with van der Waals surface area (Å²) in [5, 5.41) is 1.11. The summed E-state index contributed by atoms with van der Waals surface area (Å²) in [7, 11) is 1.72. The largest absolute Gasteiger partial charge is 0.375 e. The van der Waals surface area contributed by atoms with E-state index in [4.69, 9.17) is 4.74 Å². The molecule has 0 radical (unpaired) electrons. The number of aryl methyl sites for hydroxylation is 1. The molecule has 2 aromatic rings. The molecule has 0 amide bonds. The summed E-state index contributed by atoms with van der Waals surface area (Å²) in [5.74, 6) is 0. The summed E-state index contributed by atoms with van der Waals surface area (Å²) in [4.78, 5) is 8.83. The number of pyridine rings is 2. The number of methoxy groups -OCH3 is 1. The van der Waals surface area contributed by atoms with Crippen LogP contribution in [-0.2, 0) is 4.74 Å². The van der Waals surface area contributed by atoms with Crippen LogP contribution in [0.4, 0.5) is 0 Å². The molecule has 3 heteroatoms. The predicted octanol–water partition coefficient (Wildman–Crippen LogP) is 3.04. The van der Waals surface area contributed by atoms with Gasteiger partial charge >= 0.3 is 0 Å². The van der Waals surface area contributed by atoms with Gasteiger partial charge in [0, 0.05) is 18.7 Å². The first-order valence-corrected chi connectivity index (χ1v) is 5.51. The highest BCUT2D eigenvalue weighted by atomic mass is 16.5. The molecule has 2 aromatic heterocycles. The van der Waals surface area contributed by atoms with Crippen LogP contribution in [-0.4, -0.2) is 17.1 Å². The van der Waals surface area contributed by atoms with Crippen LogP contribution in [0.5, 0.6) is 0 Å². The minimum Gasteiger partial charge on any atom is -0.375 e. The molecule has 0 bridgehead atoms. The molecule has 0 aliphatic heterocycles. The lowest BCUT2D eigenvalue weighted by molar-refractivity contribution is 0.0967. The number of fused-ring (bicyclic) bond motifs is 1. The van der Waals surface area contributed by atoms with E-state index in [0.717, 1.165) is 23.1 Å². The molecule has 0 aliphatic rings. The third-order valence-electron chi connectivity index (χ3n) is 2.80. The Morgan fingerprint density at radius 3 is 2.94 bits per heavy atom. The van der Waals surface area contributed by atoms with Crippen molar-refractivity contribution in [2.24, 2.45) is 0 Å². The smallest absolute Gasteiger partial charge is 0.159 e. The van der Waals surface area contributed by atoms with Gasteiger partial charge in [-0.05, 0) is 37.1 Å². The zero-order valence-corrected chi connectivity index (χ0v) is 9.90. The van der Waals surface area contributed by atoms with Crippen molar-refractivity contribution in [3.05, 3.63) is 35.7 Å². The maximum absolute atomic E-state index is 5.40. The van der Waals surface area contributed by atoms with E-state index in [9.17, 15) is 0 Å². The molecular weight excluding hydrogens is 200 g/mol. The SMILES string of the molecule is CCC(OC)c1cc(C)c2cccnc2n1. The second-order valence-corrected chi connectivity index (χ2v) is 3.87. The lowest BCUT2D eigenvalue weighted by Gasteiger charge is -2.13. The van der Waals surface area contributed by atoms with Crippen molar-refractivity contribution >= 4 is 11.0 Å². The third-order valence-corrected chi connectivity index (χ3v) is 2.80. The van der Waals surface area contributed by atoms with Crippen LogP contribution in [0.1, 0.15) is 30.7 Å². The molecule has 0 saturated heterocycles. The van der Waals surface area contributed by atoms with Gasteiger partial charge in [-0.15, -0.1) is 0 Å². The van der Waals surface area contributed by atoms with Crippen LogP contribution < -0.4 is 0 Å². The second-order valence-electron chi connectivity index (χ2n) is 3.87. The van der Waals surface area contributed by atoms with E-state index in [1.807, 2.05) is 12.1 Å². The molecule has 0 saturated carbocycles. The molecule has 0 fully saturated rings. The standard InChI is InChI=1S/C13H16N2O/c1-4-12(16-3)11-8-9(2)10-6-5-7-14-13(10)15-11/h5-8,12H,4H2,1-3H3. The summed E-state index contributed by atoms with van der Waals surface area (Å²) < 4.78 is 5.40. The van der Waals surface area contributed by atoms with Crippen LogP contribution >= 0.6 is 0 Å². The van der Waals surface area contributed by atoms with Gasteiger partial charge in [-0.1, -0.05) is 6.92 Å². The fourth-order valence-corrected chi connectivity index (χ4v) is 1.91. The Balaban J connectivity index is 2.57. The first-order chi connectivity index (χ1) is 7.76. The Kier molecular flexibility index (Phi) is 3.15. The van der Waals surface area contributed by atoms with E-state index >= 15 is 0 Å². The first kappa shape index (κ1) is 11.0. The fraction of sp³-hybridized carbons (Fsp3) is 0.385. The third kappa shape index (κ3) is 1.91. The summed E-state index contributed by atoms with van der Waals surface area (Å²) in [5.41, 5.74) is 2.96. The van der Waals surface area contributed by atoms with Crippen molar-refractivity contribution in [2.75, 3.05) is 7.11 Å². The predicted molar refractivity (Wildman–Crippen MR) is 64.3 cm³/mol. The monoisotopic (exact) mass is 216 g/mol. The Morgan fingerprint density at radius 2 is 2.25 bits per heavy atom. The van der Waals surface area contributed by atoms with Gasteiger partial charge in [-0.3, -0.25) is 0 Å². The number of nitrogens with zero attached hydrogens (tertiary/aromatic N) is 2. The van der Waals surface area contributed by atoms with Crippen LogP contribution in [0.15, 0.2) is 24.4 Å². The number of rotatable bonds is 3. The Hall–Kier alpha value is -1.48. The lowest BCUT2D eigenvalue weighted by atomic mass is 10.1. The number of aromatic nitrogens is 2. The maximum Gasteiger partial charge on any atom is 0.159 e. The van der Waals surface area contributed by atoms with Crippen molar-refractivity contribution in [2.45, 2.75) is 26.4 Å². The number of ether oxygens (including phenoxy) is 1. The van der Waals surface area contributed by atoms with Crippen molar-refractivity contribution in [3.63, 3.8) is 0 Å². The Bertz CT molecular complexity index is 492. The van der Waals surface area contributed by atoms with Crippen LogP contribution in [0.25, 0.3) is 11.0 Å². The summed E-state index contributed by atoms with van der Waals surface area (Å²) in [6.45, 7) is 4.17. The molecule has 1 atom stereocenters. The molecule has 0 spiro atoms. The zero-order chi connectivity index (χ0) is 11.5. The molecule has 2 rings (SSSR count). The van der Waals surface area contributed by atoms with Crippen LogP contribution in [0.2, 0.25) is 0 Å². The lowest BCUT2D eigenvalue weighted by Crippen LogP contribution is -2.04. The molecule has 0 aliphatic carbocycles. The van der Waals surface area contributed by atoms with E-state index in [-0.39, 0.29) is 6.10 Å². The van der Waals surface area contributed by atoms with Crippen molar-refractivity contribution in [3.8, 4) is 0 Å². The average molecular weight is 216 g/mol. The Morgan fingerprint density at radius 1 is 1.44 bits per heavy atom. The van der Waals surface area contributed by atoms with Crippen molar-refractivity contribution < 1.29 is 4.74 Å². The second kappa shape index (κ2) is 4.58. The summed E-state index contributed by atoms with van der Waals surface area (Å²) in [6.07, 6.45) is 2.75. The molecule has 0 aromatic carbocycles. The quantitative estimate of drug-likeness (QED) is 0.791. The maximum atomic E-state index is 5.40. The van der Waals surface area contributed by atoms with E-state index in [2.05, 4.69) is 29.9 Å². The van der Waals surface area contributed by atoms with Crippen LogP contribution in [0.3, 0.4) is 0 Å². The normalized spacial score (nSPS) is 12.9. The fourth-order valence-electron chi connectivity index (χ4n) is 1.91. The van der Waals surface area contributed by atoms with Crippen molar-refractivity contribution in [1.29, 1.82) is 0 Å². The van der Waals surface area contributed by atoms with Crippen LogP contribution in [0, 0.1) is 6.92 Å². The van der Waals surface area contributed by atoms with Gasteiger partial charge in [0.25, 0.3) is 0 Å². The highest BCUT2D eigenvalue weighted by Gasteiger charge is 2.11. The minimum absolute atomic E-state index is 0.0603. The Labute approximate surface area is 95.5 Å². The molecule has 3 nitrogen and oxygen atoms in total. The minimum atomic E-state index is 0.0603. The van der Waals surface area contributed by atoms with Gasteiger partial charge in [0.05, 0.1) is 11.8 Å². The molecule has 0 N–H and O–H groups in total. The molecular formula is C13H16N2O. The topological polar surface area (TPSA) is 35.0 Å². The van der Waals surface area contributed by atoms with Gasteiger partial charge in [-0.25, -0.2) is 9.97 Å². The summed E-state index contributed by atoms with van der Waals surface area (Å²) >= 11 is 0. The number of hydrogen-bond acceptors (Lipinski definition) is 3. The highest BCUT2D eigenvalue weighted by Crippen LogP contribution is 2.23. The van der Waals surface area contributed by atoms with Crippen molar-refractivity contribution in [1.82, 2.24) is 9.97 Å². The van der Waals surface area contributed by atoms with E-state index in [1.165, 1.54) is 5.56 Å². The van der Waals surface area contributed by atoms with E-state index in [0.29, 0.717) is 0 Å². The van der Waals surface area contributed by atoms with Gasteiger partial charge in [0.1, 0.15) is 0 Å². The van der Waals surface area contributed by atoms with Gasteiger partial charge < -0.3 is 4.74 Å². The highest BCUT2D eigenvalue weighted by molar-refractivity contribution is 5.78. The van der Waals surface area contributed by atoms with Gasteiger partial charge in [-0.2, -0.15) is 0 Å².